The molecule has 1 aliphatic heterocycles. The van der Waals surface area contributed by atoms with Gasteiger partial charge in [0.15, 0.2) is 0 Å². The van der Waals surface area contributed by atoms with Gasteiger partial charge in [-0.05, 0) is 45.3 Å². The summed E-state index contributed by atoms with van der Waals surface area (Å²) in [6.07, 6.45) is 0. The van der Waals surface area contributed by atoms with Crippen molar-refractivity contribution in [3.63, 3.8) is 0 Å². The van der Waals surface area contributed by atoms with Gasteiger partial charge in [0, 0.05) is 7.05 Å². The predicted octanol–water partition coefficient (Wildman–Crippen LogP) is 0.878. The molecule has 1 saturated heterocycles. The summed E-state index contributed by atoms with van der Waals surface area (Å²) < 4.78 is 12.0. The maximum Gasteiger partial charge on any atom is 0.494 e. The number of hydrogen-bond acceptors (Lipinski definition) is 5. The molecule has 1 aromatic carbocycles. The molecule has 0 saturated carbocycles. The number of hydrazine groups is 1. The fourth-order valence-corrected chi connectivity index (χ4v) is 1.99. The maximum atomic E-state index is 6.00. The van der Waals surface area contributed by atoms with E-state index in [2.05, 4.69) is 0 Å². The first-order valence-electron chi connectivity index (χ1n) is 6.37. The minimum absolute atomic E-state index is 0.353. The number of benzene rings is 1. The third-order valence-corrected chi connectivity index (χ3v) is 3.96. The van der Waals surface area contributed by atoms with Crippen LogP contribution in [0.15, 0.2) is 18.2 Å². The molecule has 0 bridgehead atoms. The molecular formula is C13H22BN3O2. The third kappa shape index (κ3) is 2.43. The molecule has 1 aromatic rings. The molecule has 1 heterocycles. The Bertz CT molecular complexity index is 473. The van der Waals surface area contributed by atoms with Crippen molar-refractivity contribution < 1.29 is 9.31 Å². The topological polar surface area (TPSA) is 73.7 Å². The van der Waals surface area contributed by atoms with E-state index in [-0.39, 0.29) is 11.2 Å². The summed E-state index contributed by atoms with van der Waals surface area (Å²) in [5.74, 6) is 5.76. The van der Waals surface area contributed by atoms with Crippen molar-refractivity contribution in [1.29, 1.82) is 0 Å². The van der Waals surface area contributed by atoms with Crippen LogP contribution < -0.4 is 22.0 Å². The average Bonchev–Trinajstić information content (AvgIpc) is 2.48. The summed E-state index contributed by atoms with van der Waals surface area (Å²) in [7, 11) is 1.35. The van der Waals surface area contributed by atoms with Gasteiger partial charge in [-0.25, -0.2) is 5.84 Å². The van der Waals surface area contributed by atoms with Gasteiger partial charge in [-0.1, -0.05) is 6.07 Å². The molecule has 0 unspecified atom stereocenters. The Labute approximate surface area is 115 Å². The highest BCUT2D eigenvalue weighted by Crippen LogP contribution is 2.36. The van der Waals surface area contributed by atoms with Crippen LogP contribution in [0.5, 0.6) is 0 Å². The monoisotopic (exact) mass is 263 g/mol. The number of nitrogens with two attached hydrogens (primary N) is 2. The van der Waals surface area contributed by atoms with Crippen LogP contribution in [-0.2, 0) is 9.31 Å². The molecule has 0 aromatic heterocycles. The molecule has 5 nitrogen and oxygen atoms in total. The number of anilines is 2. The van der Waals surface area contributed by atoms with E-state index in [1.807, 2.05) is 45.9 Å². The second kappa shape index (κ2) is 4.40. The zero-order valence-corrected chi connectivity index (χ0v) is 12.2. The summed E-state index contributed by atoms with van der Waals surface area (Å²) >= 11 is 0. The Morgan fingerprint density at radius 2 is 1.63 bits per heavy atom. The lowest BCUT2D eigenvalue weighted by atomic mass is 9.79. The Morgan fingerprint density at radius 1 is 1.11 bits per heavy atom. The predicted molar refractivity (Wildman–Crippen MR) is 79.2 cm³/mol. The number of rotatable bonds is 2. The molecule has 1 aliphatic rings. The van der Waals surface area contributed by atoms with Crippen LogP contribution >= 0.6 is 0 Å². The van der Waals surface area contributed by atoms with Gasteiger partial charge in [0.2, 0.25) is 0 Å². The zero-order valence-electron chi connectivity index (χ0n) is 12.2. The van der Waals surface area contributed by atoms with Gasteiger partial charge in [0.1, 0.15) is 0 Å². The Kier molecular flexibility index (Phi) is 3.29. The average molecular weight is 263 g/mol. The molecule has 0 spiro atoms. The molecular weight excluding hydrogens is 241 g/mol. The molecule has 1 fully saturated rings. The first kappa shape index (κ1) is 14.2. The molecule has 0 atom stereocenters. The van der Waals surface area contributed by atoms with Gasteiger partial charge in [-0.2, -0.15) is 0 Å². The highest BCUT2D eigenvalue weighted by atomic mass is 16.7. The van der Waals surface area contributed by atoms with E-state index in [0.29, 0.717) is 5.69 Å². The molecule has 104 valence electrons. The van der Waals surface area contributed by atoms with Crippen LogP contribution in [0.4, 0.5) is 11.4 Å². The van der Waals surface area contributed by atoms with Gasteiger partial charge in [-0.15, -0.1) is 0 Å². The van der Waals surface area contributed by atoms with Gasteiger partial charge >= 0.3 is 7.12 Å². The summed E-state index contributed by atoms with van der Waals surface area (Å²) in [5, 5.41) is 1.49. The van der Waals surface area contributed by atoms with E-state index < -0.39 is 7.12 Å². The maximum absolute atomic E-state index is 6.00. The van der Waals surface area contributed by atoms with Gasteiger partial charge in [0.25, 0.3) is 0 Å². The van der Waals surface area contributed by atoms with Crippen LogP contribution in [0.1, 0.15) is 27.7 Å². The number of nitrogen functional groups attached to an aromatic ring is 1. The van der Waals surface area contributed by atoms with Gasteiger partial charge in [0.05, 0.1) is 22.6 Å². The fraction of sp³-hybridized carbons (Fsp3) is 0.538. The first-order chi connectivity index (χ1) is 8.64. The summed E-state index contributed by atoms with van der Waals surface area (Å²) in [6.45, 7) is 8.11. The van der Waals surface area contributed by atoms with E-state index in [1.54, 1.807) is 7.05 Å². The van der Waals surface area contributed by atoms with Crippen molar-refractivity contribution in [2.45, 2.75) is 38.9 Å². The highest BCUT2D eigenvalue weighted by molar-refractivity contribution is 6.62. The van der Waals surface area contributed by atoms with Crippen molar-refractivity contribution in [2.75, 3.05) is 17.8 Å². The summed E-state index contributed by atoms with van der Waals surface area (Å²) in [6, 6.07) is 5.63. The Hall–Kier alpha value is -1.24. The van der Waals surface area contributed by atoms with Crippen molar-refractivity contribution in [2.24, 2.45) is 5.84 Å². The lowest BCUT2D eigenvalue weighted by Crippen LogP contribution is -2.41. The molecule has 2 rings (SSSR count). The second-order valence-corrected chi connectivity index (χ2v) is 6.02. The Morgan fingerprint density at radius 3 is 2.11 bits per heavy atom. The minimum Gasteiger partial charge on any atom is -0.399 e. The van der Waals surface area contributed by atoms with Crippen LogP contribution in [-0.4, -0.2) is 25.4 Å². The van der Waals surface area contributed by atoms with E-state index in [0.717, 1.165) is 11.2 Å². The van der Waals surface area contributed by atoms with Gasteiger partial charge in [-0.3, -0.25) is 0 Å². The van der Waals surface area contributed by atoms with Gasteiger partial charge < -0.3 is 20.1 Å². The molecule has 0 aliphatic carbocycles. The zero-order chi connectivity index (χ0) is 14.4. The molecule has 0 radical (unpaired) electrons. The quantitative estimate of drug-likeness (QED) is 0.358. The number of hydrogen-bond donors (Lipinski definition) is 2. The fourth-order valence-electron chi connectivity index (χ4n) is 1.99. The van der Waals surface area contributed by atoms with E-state index >= 15 is 0 Å². The number of nitrogens with zero attached hydrogens (tertiary/aromatic N) is 1. The smallest absolute Gasteiger partial charge is 0.399 e. The second-order valence-electron chi connectivity index (χ2n) is 6.02. The van der Waals surface area contributed by atoms with E-state index in [9.17, 15) is 0 Å². The SMILES string of the molecule is CN(N)c1cc(B2OC(C)(C)C(C)(C)O2)ccc1N. The molecule has 6 heteroatoms. The van der Waals surface area contributed by atoms with Crippen LogP contribution in [0.3, 0.4) is 0 Å². The normalized spacial score (nSPS) is 20.6. The summed E-state index contributed by atoms with van der Waals surface area (Å²) in [5.41, 5.74) is 7.49. The highest BCUT2D eigenvalue weighted by Gasteiger charge is 2.51. The van der Waals surface area contributed by atoms with Crippen molar-refractivity contribution in [1.82, 2.24) is 0 Å². The van der Waals surface area contributed by atoms with Crippen molar-refractivity contribution in [3.05, 3.63) is 18.2 Å². The molecule has 4 N–H and O–H groups in total. The first-order valence-corrected chi connectivity index (χ1v) is 6.37. The molecule has 19 heavy (non-hydrogen) atoms. The van der Waals surface area contributed by atoms with Crippen LogP contribution in [0.25, 0.3) is 0 Å². The van der Waals surface area contributed by atoms with Crippen molar-refractivity contribution in [3.8, 4) is 0 Å². The standard InChI is InChI=1S/C13H22BN3O2/c1-12(2)13(3,4)19-14(18-12)9-6-7-10(15)11(8-9)17(5)16/h6-8H,15-16H2,1-5H3. The lowest BCUT2D eigenvalue weighted by Gasteiger charge is -2.32. The van der Waals surface area contributed by atoms with Crippen LogP contribution in [0.2, 0.25) is 0 Å². The Balaban J connectivity index is 2.32. The van der Waals surface area contributed by atoms with E-state index in [4.69, 9.17) is 20.9 Å². The summed E-state index contributed by atoms with van der Waals surface area (Å²) in [4.78, 5) is 0. The largest absolute Gasteiger partial charge is 0.494 e. The van der Waals surface area contributed by atoms with Crippen molar-refractivity contribution >= 4 is 24.0 Å². The third-order valence-electron chi connectivity index (χ3n) is 3.96. The van der Waals surface area contributed by atoms with Crippen LogP contribution in [0, 0.1) is 0 Å². The lowest BCUT2D eigenvalue weighted by molar-refractivity contribution is 0.00578. The minimum atomic E-state index is -0.399. The molecule has 0 amide bonds. The van der Waals surface area contributed by atoms with E-state index in [1.165, 1.54) is 5.01 Å².